The first-order valence-corrected chi connectivity index (χ1v) is 8.42. The number of carbonyl (C=O) groups excluding carboxylic acids is 1. The Labute approximate surface area is 142 Å². The quantitative estimate of drug-likeness (QED) is 0.510. The molecule has 0 saturated heterocycles. The van der Waals surface area contributed by atoms with Gasteiger partial charge in [-0.1, -0.05) is 36.0 Å². The Morgan fingerprint density at radius 3 is 2.83 bits per heavy atom. The summed E-state index contributed by atoms with van der Waals surface area (Å²) < 4.78 is 18.6. The first-order chi connectivity index (χ1) is 11.7. The molecule has 0 saturated carbocycles. The highest BCUT2D eigenvalue weighted by atomic mass is 32.2. The van der Waals surface area contributed by atoms with Crippen LogP contribution in [0, 0.1) is 5.82 Å². The van der Waals surface area contributed by atoms with Crippen LogP contribution in [-0.2, 0) is 4.79 Å². The maximum absolute atomic E-state index is 13.3. The molecule has 3 aromatic rings. The lowest BCUT2D eigenvalue weighted by molar-refractivity contribution is -0.118. The van der Waals surface area contributed by atoms with Crippen LogP contribution < -0.4 is 10.1 Å². The van der Waals surface area contributed by atoms with E-state index in [-0.39, 0.29) is 24.0 Å². The zero-order chi connectivity index (χ0) is 16.8. The summed E-state index contributed by atoms with van der Waals surface area (Å²) in [5.41, 5.74) is 1.82. The largest absolute Gasteiger partial charge is 0.489 e. The fourth-order valence-corrected chi connectivity index (χ4v) is 2.81. The second-order valence-corrected chi connectivity index (χ2v) is 5.94. The fourth-order valence-electron chi connectivity index (χ4n) is 2.10. The molecule has 0 aliphatic rings. The maximum atomic E-state index is 13.3. The van der Waals surface area contributed by atoms with Gasteiger partial charge < -0.3 is 15.0 Å². The van der Waals surface area contributed by atoms with E-state index in [0.29, 0.717) is 11.7 Å². The molecule has 1 heterocycles. The molecular formula is C17H16FN3O2S. The molecule has 0 unspecified atom stereocenters. The molecule has 0 atom stereocenters. The molecule has 0 radical (unpaired) electrons. The molecule has 1 aromatic heterocycles. The van der Waals surface area contributed by atoms with Gasteiger partial charge in [0, 0.05) is 0 Å². The van der Waals surface area contributed by atoms with E-state index in [0.717, 1.165) is 11.0 Å². The van der Waals surface area contributed by atoms with Gasteiger partial charge in [0.1, 0.15) is 6.61 Å². The highest BCUT2D eigenvalue weighted by Gasteiger charge is 2.07. The van der Waals surface area contributed by atoms with E-state index in [9.17, 15) is 9.18 Å². The standard InChI is InChI=1S/C17H16FN3O2S/c18-12-5-1-4-8-15(12)23-10-9-19-16(22)11-24-17-20-13-6-2-3-7-14(13)21-17/h1-8H,9-11H2,(H,19,22)(H,20,21). The van der Waals surface area contributed by atoms with Gasteiger partial charge >= 0.3 is 0 Å². The number of para-hydroxylation sites is 3. The van der Waals surface area contributed by atoms with Crippen LogP contribution >= 0.6 is 11.8 Å². The number of hydrogen-bond donors (Lipinski definition) is 2. The van der Waals surface area contributed by atoms with Crippen molar-refractivity contribution in [2.45, 2.75) is 5.16 Å². The van der Waals surface area contributed by atoms with E-state index in [1.165, 1.54) is 17.8 Å². The summed E-state index contributed by atoms with van der Waals surface area (Å²) in [4.78, 5) is 19.3. The highest BCUT2D eigenvalue weighted by molar-refractivity contribution is 7.99. The monoisotopic (exact) mass is 345 g/mol. The molecule has 24 heavy (non-hydrogen) atoms. The number of nitrogens with one attached hydrogen (secondary N) is 2. The minimum absolute atomic E-state index is 0.127. The Bertz CT molecular complexity index is 804. The van der Waals surface area contributed by atoms with Gasteiger partial charge in [0.25, 0.3) is 0 Å². The van der Waals surface area contributed by atoms with Gasteiger partial charge in [-0.15, -0.1) is 0 Å². The molecule has 2 N–H and O–H groups in total. The van der Waals surface area contributed by atoms with Crippen molar-refractivity contribution in [1.82, 2.24) is 15.3 Å². The number of ether oxygens (including phenoxy) is 1. The third kappa shape index (κ3) is 4.26. The second kappa shape index (κ2) is 7.83. The summed E-state index contributed by atoms with van der Waals surface area (Å²) in [6.45, 7) is 0.524. The van der Waals surface area contributed by atoms with E-state index < -0.39 is 5.82 Å². The number of rotatable bonds is 7. The number of aromatic amines is 1. The van der Waals surface area contributed by atoms with Gasteiger partial charge in [0.2, 0.25) is 5.91 Å². The second-order valence-electron chi connectivity index (χ2n) is 4.98. The number of halogens is 1. The molecule has 0 fully saturated rings. The molecule has 0 aliphatic carbocycles. The molecule has 2 aromatic carbocycles. The predicted octanol–water partition coefficient (Wildman–Crippen LogP) is 2.99. The minimum Gasteiger partial charge on any atom is -0.489 e. The van der Waals surface area contributed by atoms with Crippen molar-refractivity contribution >= 4 is 28.7 Å². The zero-order valence-corrected chi connectivity index (χ0v) is 13.6. The summed E-state index contributed by atoms with van der Waals surface area (Å²) in [5, 5.41) is 3.43. The summed E-state index contributed by atoms with van der Waals surface area (Å²) in [6, 6.07) is 13.9. The summed E-state index contributed by atoms with van der Waals surface area (Å²) >= 11 is 1.33. The fraction of sp³-hybridized carbons (Fsp3) is 0.176. The van der Waals surface area contributed by atoms with Crippen LogP contribution in [0.15, 0.2) is 53.7 Å². The summed E-state index contributed by atoms with van der Waals surface area (Å²) in [5.74, 6) is -0.107. The van der Waals surface area contributed by atoms with Gasteiger partial charge in [0.15, 0.2) is 16.7 Å². The number of thioether (sulfide) groups is 1. The van der Waals surface area contributed by atoms with E-state index in [4.69, 9.17) is 4.74 Å². The van der Waals surface area contributed by atoms with E-state index in [2.05, 4.69) is 15.3 Å². The molecule has 3 rings (SSSR count). The number of H-pyrrole nitrogens is 1. The van der Waals surface area contributed by atoms with Crippen molar-refractivity contribution in [3.63, 3.8) is 0 Å². The first kappa shape index (κ1) is 16.3. The van der Waals surface area contributed by atoms with Crippen molar-refractivity contribution in [1.29, 1.82) is 0 Å². The molecular weight excluding hydrogens is 329 g/mol. The molecule has 5 nitrogen and oxygen atoms in total. The first-order valence-electron chi connectivity index (χ1n) is 7.44. The van der Waals surface area contributed by atoms with Crippen LogP contribution in [0.2, 0.25) is 0 Å². The molecule has 7 heteroatoms. The van der Waals surface area contributed by atoms with Gasteiger partial charge in [-0.05, 0) is 24.3 Å². The Morgan fingerprint density at radius 2 is 2.00 bits per heavy atom. The van der Waals surface area contributed by atoms with Crippen LogP contribution in [0.5, 0.6) is 5.75 Å². The van der Waals surface area contributed by atoms with Gasteiger partial charge in [-0.3, -0.25) is 4.79 Å². The molecule has 1 amide bonds. The smallest absolute Gasteiger partial charge is 0.230 e. The molecule has 124 valence electrons. The number of amides is 1. The van der Waals surface area contributed by atoms with Gasteiger partial charge in [0.05, 0.1) is 23.3 Å². The Morgan fingerprint density at radius 1 is 1.21 bits per heavy atom. The SMILES string of the molecule is O=C(CSc1nc2ccccc2[nH]1)NCCOc1ccccc1F. The number of benzene rings is 2. The van der Waals surface area contributed by atoms with Crippen molar-refractivity contribution in [3.05, 3.63) is 54.3 Å². The number of hydrogen-bond acceptors (Lipinski definition) is 4. The van der Waals surface area contributed by atoms with Crippen molar-refractivity contribution in [2.75, 3.05) is 18.9 Å². The lowest BCUT2D eigenvalue weighted by Crippen LogP contribution is -2.29. The molecule has 0 spiro atoms. The van der Waals surface area contributed by atoms with Crippen LogP contribution in [0.1, 0.15) is 0 Å². The zero-order valence-electron chi connectivity index (χ0n) is 12.8. The number of carbonyl (C=O) groups is 1. The van der Waals surface area contributed by atoms with E-state index in [1.807, 2.05) is 24.3 Å². The molecule has 0 bridgehead atoms. The average Bonchev–Trinajstić information content (AvgIpc) is 3.01. The Kier molecular flexibility index (Phi) is 5.32. The van der Waals surface area contributed by atoms with Crippen LogP contribution in [0.4, 0.5) is 4.39 Å². The Hall–Kier alpha value is -2.54. The maximum Gasteiger partial charge on any atom is 0.230 e. The third-order valence-electron chi connectivity index (χ3n) is 3.23. The lowest BCUT2D eigenvalue weighted by atomic mass is 10.3. The highest BCUT2D eigenvalue weighted by Crippen LogP contribution is 2.18. The topological polar surface area (TPSA) is 67.0 Å². The van der Waals surface area contributed by atoms with Crippen molar-refractivity contribution in [2.24, 2.45) is 0 Å². The predicted molar refractivity (Wildman–Crippen MR) is 91.7 cm³/mol. The number of nitrogens with zero attached hydrogens (tertiary/aromatic N) is 1. The summed E-state index contributed by atoms with van der Waals surface area (Å²) in [6.07, 6.45) is 0. The molecule has 0 aliphatic heterocycles. The number of aromatic nitrogens is 2. The van der Waals surface area contributed by atoms with Crippen LogP contribution in [-0.4, -0.2) is 34.8 Å². The van der Waals surface area contributed by atoms with Gasteiger partial charge in [-0.25, -0.2) is 9.37 Å². The van der Waals surface area contributed by atoms with Crippen molar-refractivity contribution < 1.29 is 13.9 Å². The Balaban J connectivity index is 1.39. The lowest BCUT2D eigenvalue weighted by Gasteiger charge is -2.08. The number of fused-ring (bicyclic) bond motifs is 1. The average molecular weight is 345 g/mol. The van der Waals surface area contributed by atoms with Crippen LogP contribution in [0.25, 0.3) is 11.0 Å². The van der Waals surface area contributed by atoms with Crippen LogP contribution in [0.3, 0.4) is 0 Å². The van der Waals surface area contributed by atoms with Gasteiger partial charge in [-0.2, -0.15) is 0 Å². The number of imidazole rings is 1. The third-order valence-corrected chi connectivity index (χ3v) is 4.10. The van der Waals surface area contributed by atoms with Crippen molar-refractivity contribution in [3.8, 4) is 5.75 Å². The normalized spacial score (nSPS) is 10.7. The van der Waals surface area contributed by atoms with E-state index in [1.54, 1.807) is 18.2 Å². The summed E-state index contributed by atoms with van der Waals surface area (Å²) in [7, 11) is 0. The minimum atomic E-state index is -0.413. The van der Waals surface area contributed by atoms with E-state index >= 15 is 0 Å².